The molecule has 0 radical (unpaired) electrons. The van der Waals surface area contributed by atoms with Crippen LogP contribution in [0.25, 0.3) is 0 Å². The lowest BCUT2D eigenvalue weighted by atomic mass is 10.2. The van der Waals surface area contributed by atoms with Crippen LogP contribution in [0.3, 0.4) is 0 Å². The predicted octanol–water partition coefficient (Wildman–Crippen LogP) is 1.25. The van der Waals surface area contributed by atoms with E-state index < -0.39 is 0 Å². The zero-order valence-corrected chi connectivity index (χ0v) is 11.3. The van der Waals surface area contributed by atoms with Gasteiger partial charge in [0.1, 0.15) is 5.82 Å². The van der Waals surface area contributed by atoms with Crippen molar-refractivity contribution in [2.75, 3.05) is 24.6 Å². The fraction of sp³-hybridized carbons (Fsp3) is 0.818. The van der Waals surface area contributed by atoms with Crippen LogP contribution in [0.2, 0.25) is 0 Å². The Morgan fingerprint density at radius 2 is 2.29 bits per heavy atom. The first-order valence-corrected chi connectivity index (χ1v) is 6.72. The van der Waals surface area contributed by atoms with E-state index in [1.807, 2.05) is 6.92 Å². The zero-order chi connectivity index (χ0) is 12.4. The van der Waals surface area contributed by atoms with Crippen LogP contribution >= 0.6 is 11.5 Å². The van der Waals surface area contributed by atoms with E-state index in [-0.39, 0.29) is 18.8 Å². The van der Waals surface area contributed by atoms with Crippen molar-refractivity contribution in [2.24, 2.45) is 0 Å². The summed E-state index contributed by atoms with van der Waals surface area (Å²) in [6.07, 6.45) is -0.00236. The normalized spacial score (nSPS) is 25.6. The van der Waals surface area contributed by atoms with Gasteiger partial charge in [0.15, 0.2) is 0 Å². The molecule has 1 fully saturated rings. The van der Waals surface area contributed by atoms with Gasteiger partial charge in [-0.2, -0.15) is 4.37 Å². The van der Waals surface area contributed by atoms with Gasteiger partial charge in [0.05, 0.1) is 18.8 Å². The third kappa shape index (κ3) is 2.94. The van der Waals surface area contributed by atoms with Gasteiger partial charge in [-0.15, -0.1) is 0 Å². The Balaban J connectivity index is 2.09. The lowest BCUT2D eigenvalue weighted by Gasteiger charge is -2.35. The second kappa shape index (κ2) is 5.29. The van der Waals surface area contributed by atoms with Crippen LogP contribution in [-0.2, 0) is 4.74 Å². The number of morpholine rings is 1. The summed E-state index contributed by atoms with van der Waals surface area (Å²) in [5.41, 5.74) is 0. The van der Waals surface area contributed by atoms with E-state index in [1.165, 1.54) is 11.5 Å². The molecule has 2 unspecified atom stereocenters. The summed E-state index contributed by atoms with van der Waals surface area (Å²) in [5, 5.41) is 10.1. The summed E-state index contributed by atoms with van der Waals surface area (Å²) < 4.78 is 9.96. The van der Waals surface area contributed by atoms with Crippen molar-refractivity contribution >= 4 is 16.7 Å². The van der Waals surface area contributed by atoms with E-state index >= 15 is 0 Å². The first-order chi connectivity index (χ1) is 8.10. The number of nitrogens with zero attached hydrogens (tertiary/aromatic N) is 3. The number of hydrogen-bond acceptors (Lipinski definition) is 6. The highest BCUT2D eigenvalue weighted by atomic mass is 32.1. The third-order valence-electron chi connectivity index (χ3n) is 2.75. The van der Waals surface area contributed by atoms with E-state index in [0.717, 1.165) is 17.5 Å². The molecule has 96 valence electrons. The maximum absolute atomic E-state index is 9.18. The molecule has 6 heteroatoms. The third-order valence-corrected chi connectivity index (χ3v) is 3.54. The van der Waals surface area contributed by atoms with E-state index in [9.17, 15) is 5.11 Å². The average Bonchev–Trinajstić information content (AvgIpc) is 2.77. The zero-order valence-electron chi connectivity index (χ0n) is 10.5. The van der Waals surface area contributed by atoms with E-state index in [1.54, 1.807) is 0 Å². The fourth-order valence-electron chi connectivity index (χ4n) is 1.89. The Hall–Kier alpha value is -0.720. The highest BCUT2D eigenvalue weighted by Crippen LogP contribution is 2.24. The van der Waals surface area contributed by atoms with Gasteiger partial charge in [-0.05, 0) is 6.92 Å². The molecular formula is C11H19N3O2S. The molecule has 0 aliphatic carbocycles. The molecule has 0 saturated carbocycles. The summed E-state index contributed by atoms with van der Waals surface area (Å²) in [7, 11) is 0. The first-order valence-electron chi connectivity index (χ1n) is 5.95. The number of rotatable bonds is 3. The lowest BCUT2D eigenvalue weighted by Crippen LogP contribution is -2.48. The summed E-state index contributed by atoms with van der Waals surface area (Å²) >= 11 is 1.43. The second-order valence-electron chi connectivity index (χ2n) is 4.75. The molecule has 1 aliphatic heterocycles. The molecule has 5 nitrogen and oxygen atoms in total. The molecule has 1 aromatic heterocycles. The van der Waals surface area contributed by atoms with E-state index in [0.29, 0.717) is 12.5 Å². The van der Waals surface area contributed by atoms with Crippen molar-refractivity contribution in [1.82, 2.24) is 9.36 Å². The van der Waals surface area contributed by atoms with Gasteiger partial charge in [-0.25, -0.2) is 4.98 Å². The number of anilines is 1. The van der Waals surface area contributed by atoms with Crippen molar-refractivity contribution in [3.63, 3.8) is 0 Å². The number of hydrogen-bond donors (Lipinski definition) is 1. The molecule has 1 N–H and O–H groups in total. The van der Waals surface area contributed by atoms with Crippen LogP contribution in [0.15, 0.2) is 0 Å². The fourth-order valence-corrected chi connectivity index (χ4v) is 2.72. The maximum Gasteiger partial charge on any atom is 0.205 e. The Morgan fingerprint density at radius 1 is 1.53 bits per heavy atom. The quantitative estimate of drug-likeness (QED) is 0.883. The first kappa shape index (κ1) is 12.7. The van der Waals surface area contributed by atoms with Crippen LogP contribution < -0.4 is 4.90 Å². The minimum atomic E-state index is -0.120. The molecule has 17 heavy (non-hydrogen) atoms. The second-order valence-corrected chi connectivity index (χ2v) is 5.48. The van der Waals surface area contributed by atoms with Gasteiger partial charge in [0.25, 0.3) is 0 Å². The highest BCUT2D eigenvalue weighted by Gasteiger charge is 2.27. The predicted molar refractivity (Wildman–Crippen MR) is 67.6 cm³/mol. The van der Waals surface area contributed by atoms with Gasteiger partial charge in [-0.3, -0.25) is 0 Å². The number of ether oxygens (including phenoxy) is 1. The van der Waals surface area contributed by atoms with Crippen LogP contribution in [0.1, 0.15) is 32.5 Å². The smallest absolute Gasteiger partial charge is 0.205 e. The van der Waals surface area contributed by atoms with Crippen LogP contribution in [-0.4, -0.2) is 46.4 Å². The van der Waals surface area contributed by atoms with Crippen molar-refractivity contribution in [1.29, 1.82) is 0 Å². The molecule has 2 atom stereocenters. The molecule has 0 amide bonds. The maximum atomic E-state index is 9.18. The Labute approximate surface area is 106 Å². The topological polar surface area (TPSA) is 58.5 Å². The monoisotopic (exact) mass is 257 g/mol. The summed E-state index contributed by atoms with van der Waals surface area (Å²) in [5.74, 6) is 1.25. The Kier molecular flexibility index (Phi) is 3.96. The molecule has 2 heterocycles. The van der Waals surface area contributed by atoms with Crippen LogP contribution in [0, 0.1) is 0 Å². The largest absolute Gasteiger partial charge is 0.394 e. The highest BCUT2D eigenvalue weighted by molar-refractivity contribution is 7.09. The molecule has 0 aromatic carbocycles. The van der Waals surface area contributed by atoms with Gasteiger partial charge < -0.3 is 14.7 Å². The van der Waals surface area contributed by atoms with E-state index in [2.05, 4.69) is 28.1 Å². The summed E-state index contributed by atoms with van der Waals surface area (Å²) in [6.45, 7) is 7.74. The minimum absolute atomic E-state index is 0.0523. The molecule has 0 spiro atoms. The van der Waals surface area contributed by atoms with Gasteiger partial charge in [0.2, 0.25) is 5.13 Å². The molecular weight excluding hydrogens is 238 g/mol. The minimum Gasteiger partial charge on any atom is -0.394 e. The number of aliphatic hydroxyl groups excluding tert-OH is 1. The van der Waals surface area contributed by atoms with Crippen molar-refractivity contribution < 1.29 is 9.84 Å². The molecule has 0 bridgehead atoms. The number of aromatic nitrogens is 2. The Bertz CT molecular complexity index is 369. The van der Waals surface area contributed by atoms with E-state index in [4.69, 9.17) is 4.74 Å². The van der Waals surface area contributed by atoms with Crippen LogP contribution in [0.4, 0.5) is 5.13 Å². The number of aliphatic hydroxyl groups is 1. The van der Waals surface area contributed by atoms with Gasteiger partial charge in [0, 0.05) is 30.5 Å². The molecule has 2 rings (SSSR count). The molecule has 1 saturated heterocycles. The molecule has 1 aromatic rings. The van der Waals surface area contributed by atoms with Crippen molar-refractivity contribution in [2.45, 2.75) is 38.9 Å². The van der Waals surface area contributed by atoms with Crippen LogP contribution in [0.5, 0.6) is 0 Å². The summed E-state index contributed by atoms with van der Waals surface area (Å²) in [6, 6.07) is 0. The van der Waals surface area contributed by atoms with Crippen molar-refractivity contribution in [3.8, 4) is 0 Å². The van der Waals surface area contributed by atoms with Gasteiger partial charge in [-0.1, -0.05) is 13.8 Å². The lowest BCUT2D eigenvalue weighted by molar-refractivity contribution is -0.0421. The van der Waals surface area contributed by atoms with Gasteiger partial charge >= 0.3 is 0 Å². The standard InChI is InChI=1S/C11H19N3O2S/c1-7(2)10-12-11(17-13-10)14-4-8(3)16-9(5-14)6-15/h7-9,15H,4-6H2,1-3H3. The SMILES string of the molecule is CC1CN(c2nc(C(C)C)ns2)CC(CO)O1. The molecule has 1 aliphatic rings. The van der Waals surface area contributed by atoms with Crippen molar-refractivity contribution in [3.05, 3.63) is 5.82 Å². The average molecular weight is 257 g/mol. The summed E-state index contributed by atoms with van der Waals surface area (Å²) in [4.78, 5) is 6.68. The Morgan fingerprint density at radius 3 is 2.88 bits per heavy atom.